The number of nitrogens with one attached hydrogen (secondary N) is 1. The lowest BCUT2D eigenvalue weighted by atomic mass is 10.2. The first-order chi connectivity index (χ1) is 12.5. The van der Waals surface area contributed by atoms with E-state index in [2.05, 4.69) is 10.4 Å². The number of ether oxygens (including phenoxy) is 1. The Balaban J connectivity index is 1.76. The van der Waals surface area contributed by atoms with E-state index in [0.717, 1.165) is 17.7 Å². The predicted octanol–water partition coefficient (Wildman–Crippen LogP) is 4.12. The zero-order valence-electron chi connectivity index (χ0n) is 13.7. The van der Waals surface area contributed by atoms with E-state index in [4.69, 9.17) is 16.3 Å². The number of rotatable bonds is 5. The number of carbonyl (C=O) groups excluding carboxylic acids is 1. The molecule has 0 bridgehead atoms. The van der Waals surface area contributed by atoms with Crippen molar-refractivity contribution in [3.05, 3.63) is 76.4 Å². The zero-order chi connectivity index (χ0) is 18.7. The van der Waals surface area contributed by atoms with Gasteiger partial charge in [0.1, 0.15) is 22.9 Å². The van der Waals surface area contributed by atoms with Gasteiger partial charge in [0.05, 0.1) is 13.7 Å². The highest BCUT2D eigenvalue weighted by molar-refractivity contribution is 6.30. The Morgan fingerprint density at radius 2 is 1.96 bits per heavy atom. The number of hydrogen-bond donors (Lipinski definition) is 1. The minimum atomic E-state index is -0.939. The quantitative estimate of drug-likeness (QED) is 0.727. The predicted molar refractivity (Wildman–Crippen MR) is 93.6 cm³/mol. The Labute approximate surface area is 153 Å². The molecule has 8 heteroatoms. The van der Waals surface area contributed by atoms with Crippen LogP contribution in [0, 0.1) is 11.6 Å². The van der Waals surface area contributed by atoms with Gasteiger partial charge >= 0.3 is 0 Å². The van der Waals surface area contributed by atoms with Crippen LogP contribution in [0.15, 0.2) is 48.7 Å². The fourth-order valence-electron chi connectivity index (χ4n) is 2.46. The molecular formula is C18H14ClF2N3O2. The molecule has 0 aliphatic rings. The molecule has 0 unspecified atom stereocenters. The third-order valence-corrected chi connectivity index (χ3v) is 3.88. The van der Waals surface area contributed by atoms with Crippen LogP contribution in [0.5, 0.6) is 5.75 Å². The Bertz CT molecular complexity index is 939. The van der Waals surface area contributed by atoms with E-state index in [-0.39, 0.29) is 5.82 Å². The van der Waals surface area contributed by atoms with Gasteiger partial charge in [-0.3, -0.25) is 9.48 Å². The highest BCUT2D eigenvalue weighted by atomic mass is 35.5. The van der Waals surface area contributed by atoms with Crippen LogP contribution < -0.4 is 10.1 Å². The maximum absolute atomic E-state index is 13.7. The number of halogens is 3. The summed E-state index contributed by atoms with van der Waals surface area (Å²) < 4.78 is 34.1. The van der Waals surface area contributed by atoms with Gasteiger partial charge in [-0.15, -0.1) is 0 Å². The van der Waals surface area contributed by atoms with Crippen LogP contribution in [-0.4, -0.2) is 22.8 Å². The molecule has 1 heterocycles. The molecule has 1 N–H and O–H groups in total. The van der Waals surface area contributed by atoms with Gasteiger partial charge in [0, 0.05) is 22.8 Å². The molecule has 0 fully saturated rings. The number of methoxy groups -OCH3 is 1. The van der Waals surface area contributed by atoms with Crippen molar-refractivity contribution >= 4 is 23.3 Å². The molecule has 5 nitrogen and oxygen atoms in total. The van der Waals surface area contributed by atoms with Crippen molar-refractivity contribution in [1.29, 1.82) is 0 Å². The molecule has 2 aromatic carbocycles. The van der Waals surface area contributed by atoms with Crippen molar-refractivity contribution in [2.24, 2.45) is 0 Å². The maximum atomic E-state index is 13.7. The second kappa shape index (κ2) is 7.53. The molecule has 3 aromatic rings. The van der Waals surface area contributed by atoms with E-state index >= 15 is 0 Å². The van der Waals surface area contributed by atoms with Gasteiger partial charge in [0.2, 0.25) is 0 Å². The Morgan fingerprint density at radius 3 is 2.65 bits per heavy atom. The number of anilines is 1. The Morgan fingerprint density at radius 1 is 1.23 bits per heavy atom. The maximum Gasteiger partial charge on any atom is 0.262 e. The summed E-state index contributed by atoms with van der Waals surface area (Å²) in [6.07, 6.45) is 1.62. The van der Waals surface area contributed by atoms with Crippen LogP contribution in [0.3, 0.4) is 0 Å². The van der Waals surface area contributed by atoms with E-state index < -0.39 is 23.1 Å². The molecule has 1 amide bonds. The number of carbonyl (C=O) groups is 1. The topological polar surface area (TPSA) is 56.1 Å². The van der Waals surface area contributed by atoms with Crippen LogP contribution in [0.4, 0.5) is 14.6 Å². The van der Waals surface area contributed by atoms with Gasteiger partial charge in [-0.1, -0.05) is 17.7 Å². The third-order valence-electron chi connectivity index (χ3n) is 3.65. The molecule has 0 atom stereocenters. The van der Waals surface area contributed by atoms with E-state index in [1.807, 2.05) is 0 Å². The number of amides is 1. The van der Waals surface area contributed by atoms with Gasteiger partial charge in [-0.25, -0.2) is 8.78 Å². The van der Waals surface area contributed by atoms with Crippen molar-refractivity contribution < 1.29 is 18.3 Å². The number of nitrogens with zero attached hydrogens (tertiary/aromatic N) is 2. The highest BCUT2D eigenvalue weighted by Gasteiger charge is 2.18. The molecule has 0 spiro atoms. The van der Waals surface area contributed by atoms with Crippen molar-refractivity contribution in [2.75, 3.05) is 12.4 Å². The molecule has 134 valence electrons. The van der Waals surface area contributed by atoms with Crippen molar-refractivity contribution in [3.63, 3.8) is 0 Å². The summed E-state index contributed by atoms with van der Waals surface area (Å²) in [7, 11) is 1.55. The molecule has 26 heavy (non-hydrogen) atoms. The fourth-order valence-corrected chi connectivity index (χ4v) is 2.65. The lowest BCUT2D eigenvalue weighted by Crippen LogP contribution is -2.16. The first kappa shape index (κ1) is 17.9. The lowest BCUT2D eigenvalue weighted by molar-refractivity contribution is 0.101. The second-order valence-electron chi connectivity index (χ2n) is 5.41. The average molecular weight is 378 g/mol. The average Bonchev–Trinajstić information content (AvgIpc) is 3.02. The number of benzene rings is 2. The van der Waals surface area contributed by atoms with Crippen LogP contribution in [-0.2, 0) is 6.54 Å². The van der Waals surface area contributed by atoms with Crippen LogP contribution >= 0.6 is 11.6 Å². The van der Waals surface area contributed by atoms with Crippen LogP contribution in [0.1, 0.15) is 15.9 Å². The van der Waals surface area contributed by atoms with Gasteiger partial charge < -0.3 is 10.1 Å². The van der Waals surface area contributed by atoms with Crippen molar-refractivity contribution in [1.82, 2.24) is 9.78 Å². The van der Waals surface area contributed by atoms with Gasteiger partial charge in [0.15, 0.2) is 5.82 Å². The molecule has 0 aliphatic heterocycles. The summed E-state index contributed by atoms with van der Waals surface area (Å²) in [5.74, 6) is -1.98. The fraction of sp³-hybridized carbons (Fsp3) is 0.111. The summed E-state index contributed by atoms with van der Waals surface area (Å²) in [6.45, 7) is 0.341. The molecular weight excluding hydrogens is 364 g/mol. The third kappa shape index (κ3) is 3.83. The number of aromatic nitrogens is 2. The molecule has 0 aliphatic carbocycles. The van der Waals surface area contributed by atoms with E-state index in [0.29, 0.717) is 17.3 Å². The first-order valence-electron chi connectivity index (χ1n) is 7.59. The van der Waals surface area contributed by atoms with E-state index in [9.17, 15) is 13.6 Å². The smallest absolute Gasteiger partial charge is 0.262 e. The molecule has 0 saturated heterocycles. The molecule has 0 radical (unpaired) electrons. The summed E-state index contributed by atoms with van der Waals surface area (Å²) >= 11 is 6.00. The SMILES string of the molecule is COc1ccc(Cl)cc1Cn1ccc(NC(=O)c2c(F)cccc2F)n1. The normalized spacial score (nSPS) is 10.6. The van der Waals surface area contributed by atoms with Crippen molar-refractivity contribution in [3.8, 4) is 5.75 Å². The molecule has 1 aromatic heterocycles. The summed E-state index contributed by atoms with van der Waals surface area (Å²) in [4.78, 5) is 12.1. The van der Waals surface area contributed by atoms with Gasteiger partial charge in [-0.2, -0.15) is 5.10 Å². The standard InChI is InChI=1S/C18H14ClF2N3O2/c1-26-15-6-5-12(19)9-11(15)10-24-8-7-16(23-24)22-18(25)17-13(20)3-2-4-14(17)21/h2-9H,10H2,1H3,(H,22,23,25). The lowest BCUT2D eigenvalue weighted by Gasteiger charge is -2.09. The van der Waals surface area contributed by atoms with Gasteiger partial charge in [0.25, 0.3) is 5.91 Å². The summed E-state index contributed by atoms with van der Waals surface area (Å²) in [5.41, 5.74) is 0.139. The highest BCUT2D eigenvalue weighted by Crippen LogP contribution is 2.23. The zero-order valence-corrected chi connectivity index (χ0v) is 14.4. The Kier molecular flexibility index (Phi) is 5.18. The van der Waals surface area contributed by atoms with Gasteiger partial charge in [-0.05, 0) is 30.3 Å². The molecule has 3 rings (SSSR count). The van der Waals surface area contributed by atoms with Crippen molar-refractivity contribution in [2.45, 2.75) is 6.54 Å². The first-order valence-corrected chi connectivity index (χ1v) is 7.97. The summed E-state index contributed by atoms with van der Waals surface area (Å²) in [5, 5.41) is 7.11. The second-order valence-corrected chi connectivity index (χ2v) is 5.84. The van der Waals surface area contributed by atoms with Crippen LogP contribution in [0.25, 0.3) is 0 Å². The summed E-state index contributed by atoms with van der Waals surface area (Å²) in [6, 6.07) is 9.94. The Hall–Kier alpha value is -2.93. The van der Waals surface area contributed by atoms with E-state index in [1.54, 1.807) is 36.2 Å². The monoisotopic (exact) mass is 377 g/mol. The number of hydrogen-bond acceptors (Lipinski definition) is 3. The van der Waals surface area contributed by atoms with E-state index in [1.165, 1.54) is 12.1 Å². The van der Waals surface area contributed by atoms with Crippen LogP contribution in [0.2, 0.25) is 5.02 Å². The minimum absolute atomic E-state index is 0.165. The minimum Gasteiger partial charge on any atom is -0.496 e. The largest absolute Gasteiger partial charge is 0.496 e. The molecule has 0 saturated carbocycles.